The Kier molecular flexibility index (Phi) is 5.07. The Balaban J connectivity index is 1.23. The highest BCUT2D eigenvalue weighted by atomic mass is 35.5. The Hall–Kier alpha value is -2.70. The molecule has 1 saturated heterocycles. The molecule has 1 amide bonds. The third-order valence-corrected chi connectivity index (χ3v) is 6.83. The number of benzene rings is 2. The fraction of sp³-hybridized carbons (Fsp3) is 0.375. The van der Waals surface area contributed by atoms with Crippen molar-refractivity contribution in [2.45, 2.75) is 37.3 Å². The lowest BCUT2D eigenvalue weighted by molar-refractivity contribution is -0.137. The van der Waals surface area contributed by atoms with Gasteiger partial charge in [0.05, 0.1) is 29.4 Å². The van der Waals surface area contributed by atoms with Gasteiger partial charge in [0.2, 0.25) is 5.91 Å². The summed E-state index contributed by atoms with van der Waals surface area (Å²) >= 11 is 5.98. The summed E-state index contributed by atoms with van der Waals surface area (Å²) in [5, 5.41) is 12.1. The van der Waals surface area contributed by atoms with Gasteiger partial charge in [-0.05, 0) is 48.9 Å². The van der Waals surface area contributed by atoms with Crippen LogP contribution >= 0.6 is 11.6 Å². The average Bonchev–Trinajstić information content (AvgIpc) is 3.57. The van der Waals surface area contributed by atoms with E-state index in [1.54, 1.807) is 18.2 Å². The van der Waals surface area contributed by atoms with Crippen LogP contribution in [0, 0.1) is 5.92 Å². The molecule has 0 spiro atoms. The van der Waals surface area contributed by atoms with Crippen molar-refractivity contribution in [1.29, 1.82) is 0 Å². The maximum atomic E-state index is 12.9. The molecule has 160 valence electrons. The smallest absolute Gasteiger partial charge is 0.261 e. The van der Waals surface area contributed by atoms with Crippen LogP contribution in [-0.4, -0.2) is 44.2 Å². The Morgan fingerprint density at radius 3 is 2.65 bits per heavy atom. The molecule has 2 aliphatic rings. The maximum Gasteiger partial charge on any atom is 0.261 e. The van der Waals surface area contributed by atoms with Crippen LogP contribution in [0.1, 0.15) is 30.7 Å². The molecule has 0 radical (unpaired) electrons. The number of carbonyl (C=O) groups is 1. The number of aliphatic hydroxyl groups is 1. The standard InChI is InChI=1S/C24H24ClN3O3/c25-17-6-7-18-21(12-17)26-15-28(22(18)29)14-24(31)8-10-27(11-9-24)23(30)20-13-19(20)16-4-2-1-3-5-16/h1-7,12,15,19-20,31H,8-11,13-14H2/t19-,20+/m0/s1. The fourth-order valence-corrected chi connectivity index (χ4v) is 4.80. The first-order chi connectivity index (χ1) is 14.9. The molecule has 1 N–H and O–H groups in total. The van der Waals surface area contributed by atoms with E-state index in [4.69, 9.17) is 11.6 Å². The van der Waals surface area contributed by atoms with Crippen LogP contribution < -0.4 is 5.56 Å². The van der Waals surface area contributed by atoms with Gasteiger partial charge in [-0.2, -0.15) is 0 Å². The van der Waals surface area contributed by atoms with Gasteiger partial charge in [0.25, 0.3) is 5.56 Å². The number of likely N-dealkylation sites (tertiary alicyclic amines) is 1. The third-order valence-electron chi connectivity index (χ3n) is 6.59. The molecule has 6 nitrogen and oxygen atoms in total. The van der Waals surface area contributed by atoms with Crippen LogP contribution in [0.3, 0.4) is 0 Å². The van der Waals surface area contributed by atoms with E-state index in [-0.39, 0.29) is 23.9 Å². The Labute approximate surface area is 185 Å². The highest BCUT2D eigenvalue weighted by Gasteiger charge is 2.47. The zero-order valence-corrected chi connectivity index (χ0v) is 17.8. The second-order valence-electron chi connectivity index (χ2n) is 8.75. The SMILES string of the molecule is O=C([C@@H]1C[C@H]1c1ccccc1)N1CCC(O)(Cn2cnc3cc(Cl)ccc3c2=O)CC1. The summed E-state index contributed by atoms with van der Waals surface area (Å²) in [5.74, 6) is 0.537. The molecule has 0 unspecified atom stereocenters. The lowest BCUT2D eigenvalue weighted by Gasteiger charge is -2.38. The van der Waals surface area contributed by atoms with Crippen molar-refractivity contribution in [2.24, 2.45) is 5.92 Å². The van der Waals surface area contributed by atoms with Crippen LogP contribution in [0.25, 0.3) is 10.9 Å². The highest BCUT2D eigenvalue weighted by molar-refractivity contribution is 6.31. The third kappa shape index (κ3) is 3.98. The van der Waals surface area contributed by atoms with Crippen molar-refractivity contribution >= 4 is 28.4 Å². The van der Waals surface area contributed by atoms with E-state index in [1.165, 1.54) is 16.5 Å². The van der Waals surface area contributed by atoms with E-state index in [9.17, 15) is 14.7 Å². The van der Waals surface area contributed by atoms with Crippen molar-refractivity contribution in [2.75, 3.05) is 13.1 Å². The number of carbonyl (C=O) groups excluding carboxylic acids is 1. The number of hydrogen-bond donors (Lipinski definition) is 1. The first-order valence-corrected chi connectivity index (χ1v) is 11.0. The van der Waals surface area contributed by atoms with Gasteiger partial charge in [-0.3, -0.25) is 14.2 Å². The summed E-state index contributed by atoms with van der Waals surface area (Å²) in [7, 11) is 0. The first kappa shape index (κ1) is 20.2. The predicted molar refractivity (Wildman–Crippen MR) is 119 cm³/mol. The summed E-state index contributed by atoms with van der Waals surface area (Å²) < 4.78 is 1.46. The van der Waals surface area contributed by atoms with Crippen molar-refractivity contribution in [1.82, 2.24) is 14.5 Å². The molecule has 31 heavy (non-hydrogen) atoms. The molecule has 1 aliphatic carbocycles. The quantitative estimate of drug-likeness (QED) is 0.680. The van der Waals surface area contributed by atoms with Crippen LogP contribution in [-0.2, 0) is 11.3 Å². The fourth-order valence-electron chi connectivity index (χ4n) is 4.63. The molecule has 2 atom stereocenters. The lowest BCUT2D eigenvalue weighted by Crippen LogP contribution is -2.50. The molecule has 5 rings (SSSR count). The van der Waals surface area contributed by atoms with Crippen molar-refractivity contribution in [3.8, 4) is 0 Å². The molecule has 0 bridgehead atoms. The Morgan fingerprint density at radius 1 is 1.16 bits per heavy atom. The van der Waals surface area contributed by atoms with Gasteiger partial charge in [-0.1, -0.05) is 41.9 Å². The van der Waals surface area contributed by atoms with E-state index in [1.807, 2.05) is 23.1 Å². The highest BCUT2D eigenvalue weighted by Crippen LogP contribution is 2.48. The monoisotopic (exact) mass is 437 g/mol. The molecule has 2 fully saturated rings. The summed E-state index contributed by atoms with van der Waals surface area (Å²) in [4.78, 5) is 31.9. The van der Waals surface area contributed by atoms with Gasteiger partial charge in [-0.25, -0.2) is 4.98 Å². The van der Waals surface area contributed by atoms with E-state index >= 15 is 0 Å². The molecule has 2 heterocycles. The van der Waals surface area contributed by atoms with Gasteiger partial charge < -0.3 is 10.0 Å². The molecule has 1 saturated carbocycles. The number of hydrogen-bond acceptors (Lipinski definition) is 4. The number of rotatable bonds is 4. The van der Waals surface area contributed by atoms with Gasteiger partial charge in [-0.15, -0.1) is 0 Å². The van der Waals surface area contributed by atoms with Crippen LogP contribution in [0.4, 0.5) is 0 Å². The number of piperidine rings is 1. The Bertz CT molecular complexity index is 1190. The lowest BCUT2D eigenvalue weighted by atomic mass is 9.91. The van der Waals surface area contributed by atoms with E-state index < -0.39 is 5.60 Å². The topological polar surface area (TPSA) is 75.4 Å². The minimum atomic E-state index is -1.04. The average molecular weight is 438 g/mol. The summed E-state index contributed by atoms with van der Waals surface area (Å²) in [6, 6.07) is 15.1. The summed E-state index contributed by atoms with van der Waals surface area (Å²) in [5.41, 5.74) is 0.528. The normalized spacial score (nSPS) is 22.5. The number of fused-ring (bicyclic) bond motifs is 1. The number of halogens is 1. The minimum absolute atomic E-state index is 0.0488. The molecule has 1 aliphatic heterocycles. The second kappa shape index (κ2) is 7.77. The zero-order chi connectivity index (χ0) is 21.6. The largest absolute Gasteiger partial charge is 0.388 e. The molecule has 1 aromatic heterocycles. The van der Waals surface area contributed by atoms with E-state index in [2.05, 4.69) is 17.1 Å². The van der Waals surface area contributed by atoms with E-state index in [0.29, 0.717) is 47.8 Å². The molecular formula is C24H24ClN3O3. The number of nitrogens with zero attached hydrogens (tertiary/aromatic N) is 3. The zero-order valence-electron chi connectivity index (χ0n) is 17.1. The van der Waals surface area contributed by atoms with Crippen LogP contribution in [0.2, 0.25) is 5.02 Å². The summed E-state index contributed by atoms with van der Waals surface area (Å²) in [6.07, 6.45) is 3.23. The van der Waals surface area contributed by atoms with Gasteiger partial charge in [0, 0.05) is 24.0 Å². The molecule has 7 heteroatoms. The summed E-state index contributed by atoms with van der Waals surface area (Å²) in [6.45, 7) is 1.16. The van der Waals surface area contributed by atoms with Gasteiger partial charge in [0.15, 0.2) is 0 Å². The van der Waals surface area contributed by atoms with Crippen molar-refractivity contribution < 1.29 is 9.90 Å². The minimum Gasteiger partial charge on any atom is -0.388 e. The molecule has 3 aromatic rings. The number of aromatic nitrogens is 2. The molecular weight excluding hydrogens is 414 g/mol. The predicted octanol–water partition coefficient (Wildman–Crippen LogP) is 3.21. The van der Waals surface area contributed by atoms with Crippen molar-refractivity contribution in [3.05, 3.63) is 75.8 Å². The number of amides is 1. The second-order valence-corrected chi connectivity index (χ2v) is 9.18. The first-order valence-electron chi connectivity index (χ1n) is 10.6. The van der Waals surface area contributed by atoms with Gasteiger partial charge in [0.1, 0.15) is 0 Å². The van der Waals surface area contributed by atoms with E-state index in [0.717, 1.165) is 6.42 Å². The Morgan fingerprint density at radius 2 is 1.90 bits per heavy atom. The molecule has 2 aromatic carbocycles. The van der Waals surface area contributed by atoms with Gasteiger partial charge >= 0.3 is 0 Å². The van der Waals surface area contributed by atoms with Crippen molar-refractivity contribution in [3.63, 3.8) is 0 Å². The van der Waals surface area contributed by atoms with Crippen LogP contribution in [0.15, 0.2) is 59.7 Å². The van der Waals surface area contributed by atoms with Crippen LogP contribution in [0.5, 0.6) is 0 Å². The maximum absolute atomic E-state index is 12.9.